The molecule has 5 atom stereocenters. The van der Waals surface area contributed by atoms with Crippen LogP contribution in [0.2, 0.25) is 0 Å². The zero-order valence-corrected chi connectivity index (χ0v) is 11.5. The van der Waals surface area contributed by atoms with Crippen molar-refractivity contribution in [3.63, 3.8) is 0 Å². The SMILES string of the molecule is C=C1C[C@H](O)C2[C@H](C)C(=O)O[C@@H]2/C=C(\C)CC[C@H]1O. The highest BCUT2D eigenvalue weighted by Gasteiger charge is 2.45. The van der Waals surface area contributed by atoms with Crippen molar-refractivity contribution in [1.29, 1.82) is 0 Å². The van der Waals surface area contributed by atoms with Crippen LogP contribution in [0.4, 0.5) is 0 Å². The third-order valence-electron chi connectivity index (χ3n) is 4.23. The van der Waals surface area contributed by atoms with Crippen LogP contribution in [0.25, 0.3) is 0 Å². The maximum atomic E-state index is 11.7. The van der Waals surface area contributed by atoms with Crippen LogP contribution in [-0.2, 0) is 9.53 Å². The van der Waals surface area contributed by atoms with E-state index in [1.807, 2.05) is 13.0 Å². The summed E-state index contributed by atoms with van der Waals surface area (Å²) in [5.74, 6) is -0.846. The summed E-state index contributed by atoms with van der Waals surface area (Å²) in [7, 11) is 0. The van der Waals surface area contributed by atoms with Crippen molar-refractivity contribution in [3.05, 3.63) is 23.8 Å². The van der Waals surface area contributed by atoms with Gasteiger partial charge in [-0.05, 0) is 37.8 Å². The smallest absolute Gasteiger partial charge is 0.309 e. The average molecular weight is 266 g/mol. The zero-order valence-electron chi connectivity index (χ0n) is 11.5. The molecule has 0 aromatic carbocycles. The monoisotopic (exact) mass is 266 g/mol. The van der Waals surface area contributed by atoms with Gasteiger partial charge in [-0.25, -0.2) is 0 Å². The molecular formula is C15H22O4. The van der Waals surface area contributed by atoms with Gasteiger partial charge in [0.25, 0.3) is 0 Å². The Morgan fingerprint density at radius 1 is 1.42 bits per heavy atom. The summed E-state index contributed by atoms with van der Waals surface area (Å²) in [5, 5.41) is 20.3. The molecule has 1 heterocycles. The third kappa shape index (κ3) is 2.90. The molecule has 1 unspecified atom stereocenters. The van der Waals surface area contributed by atoms with Crippen LogP contribution in [0.15, 0.2) is 23.8 Å². The van der Waals surface area contributed by atoms with E-state index in [-0.39, 0.29) is 23.9 Å². The van der Waals surface area contributed by atoms with Crippen molar-refractivity contribution < 1.29 is 19.7 Å². The molecular weight excluding hydrogens is 244 g/mol. The van der Waals surface area contributed by atoms with E-state index in [0.717, 1.165) is 12.0 Å². The van der Waals surface area contributed by atoms with Gasteiger partial charge in [0.2, 0.25) is 0 Å². The fourth-order valence-electron chi connectivity index (χ4n) is 2.93. The highest BCUT2D eigenvalue weighted by molar-refractivity contribution is 5.75. The van der Waals surface area contributed by atoms with Gasteiger partial charge in [0.15, 0.2) is 0 Å². The molecule has 1 fully saturated rings. The standard InChI is InChI=1S/C15H22O4/c1-8-4-5-11(16)9(2)7-12(17)14-10(3)15(18)19-13(14)6-8/h6,10-14,16-17H,2,4-5,7H2,1,3H3/b8-6+/t10-,11+,12-,13+,14?/m0/s1. The Morgan fingerprint density at radius 2 is 2.11 bits per heavy atom. The Labute approximate surface area is 113 Å². The van der Waals surface area contributed by atoms with Crippen molar-refractivity contribution >= 4 is 5.97 Å². The fourth-order valence-corrected chi connectivity index (χ4v) is 2.93. The summed E-state index contributed by atoms with van der Waals surface area (Å²) in [6.07, 6.45) is 1.89. The van der Waals surface area contributed by atoms with Crippen LogP contribution in [0.1, 0.15) is 33.1 Å². The highest BCUT2D eigenvalue weighted by Crippen LogP contribution is 2.36. The van der Waals surface area contributed by atoms with Crippen LogP contribution < -0.4 is 0 Å². The Hall–Kier alpha value is -1.13. The van der Waals surface area contributed by atoms with E-state index in [4.69, 9.17) is 4.74 Å². The van der Waals surface area contributed by atoms with Crippen LogP contribution in [0, 0.1) is 11.8 Å². The van der Waals surface area contributed by atoms with Crippen LogP contribution in [0.5, 0.6) is 0 Å². The molecule has 0 radical (unpaired) electrons. The molecule has 2 aliphatic rings. The highest BCUT2D eigenvalue weighted by atomic mass is 16.6. The van der Waals surface area contributed by atoms with E-state index in [2.05, 4.69) is 6.58 Å². The number of aliphatic hydroxyl groups excluding tert-OH is 2. The molecule has 1 aliphatic carbocycles. The van der Waals surface area contributed by atoms with Gasteiger partial charge in [0.1, 0.15) is 6.10 Å². The quantitative estimate of drug-likeness (QED) is 0.516. The summed E-state index contributed by atoms with van der Waals surface area (Å²) >= 11 is 0. The number of hydrogen-bond donors (Lipinski definition) is 2. The lowest BCUT2D eigenvalue weighted by atomic mass is 9.81. The maximum Gasteiger partial charge on any atom is 0.309 e. The van der Waals surface area contributed by atoms with Crippen LogP contribution in [-0.4, -0.2) is 34.5 Å². The Balaban J connectivity index is 2.30. The summed E-state index contributed by atoms with van der Waals surface area (Å²) in [4.78, 5) is 11.7. The van der Waals surface area contributed by atoms with E-state index < -0.39 is 12.2 Å². The molecule has 1 aliphatic heterocycles. The zero-order chi connectivity index (χ0) is 14.2. The summed E-state index contributed by atoms with van der Waals surface area (Å²) in [5.41, 5.74) is 1.70. The number of carbonyl (C=O) groups is 1. The first-order valence-corrected chi connectivity index (χ1v) is 6.81. The van der Waals surface area contributed by atoms with Gasteiger partial charge in [0, 0.05) is 5.92 Å². The first-order valence-electron chi connectivity index (χ1n) is 6.81. The number of allylic oxidation sites excluding steroid dienone is 1. The lowest BCUT2D eigenvalue weighted by Crippen LogP contribution is -2.33. The molecule has 0 aromatic heterocycles. The molecule has 0 aromatic rings. The summed E-state index contributed by atoms with van der Waals surface area (Å²) in [6.45, 7) is 7.59. The number of esters is 1. The van der Waals surface area contributed by atoms with Gasteiger partial charge < -0.3 is 14.9 Å². The first-order chi connectivity index (χ1) is 8.90. The van der Waals surface area contributed by atoms with Gasteiger partial charge in [-0.2, -0.15) is 0 Å². The molecule has 0 amide bonds. The number of rotatable bonds is 0. The molecule has 4 heteroatoms. The van der Waals surface area contributed by atoms with Gasteiger partial charge in [-0.3, -0.25) is 4.79 Å². The lowest BCUT2D eigenvalue weighted by molar-refractivity contribution is -0.142. The summed E-state index contributed by atoms with van der Waals surface area (Å²) < 4.78 is 5.34. The molecule has 0 saturated carbocycles. The average Bonchev–Trinajstić information content (AvgIpc) is 2.60. The summed E-state index contributed by atoms with van der Waals surface area (Å²) in [6, 6.07) is 0. The van der Waals surface area contributed by atoms with E-state index >= 15 is 0 Å². The molecule has 2 rings (SSSR count). The van der Waals surface area contributed by atoms with Crippen molar-refractivity contribution in [2.45, 2.75) is 51.4 Å². The van der Waals surface area contributed by atoms with Crippen molar-refractivity contribution in [3.8, 4) is 0 Å². The molecule has 19 heavy (non-hydrogen) atoms. The minimum absolute atomic E-state index is 0.260. The Bertz CT molecular complexity index is 412. The van der Waals surface area contributed by atoms with Gasteiger partial charge >= 0.3 is 5.97 Å². The normalized spacial score (nSPS) is 43.2. The van der Waals surface area contributed by atoms with Crippen LogP contribution in [0.3, 0.4) is 0 Å². The molecule has 1 saturated heterocycles. The maximum absolute atomic E-state index is 11.7. The van der Waals surface area contributed by atoms with E-state index in [1.54, 1.807) is 6.92 Å². The number of hydrogen-bond acceptors (Lipinski definition) is 4. The van der Waals surface area contributed by atoms with Gasteiger partial charge in [-0.15, -0.1) is 0 Å². The van der Waals surface area contributed by atoms with E-state index in [0.29, 0.717) is 18.4 Å². The Kier molecular flexibility index (Phi) is 4.11. The van der Waals surface area contributed by atoms with Crippen LogP contribution >= 0.6 is 0 Å². The molecule has 106 valence electrons. The van der Waals surface area contributed by atoms with E-state index in [1.165, 1.54) is 0 Å². The number of aliphatic hydroxyl groups is 2. The predicted molar refractivity (Wildman–Crippen MR) is 71.3 cm³/mol. The minimum atomic E-state index is -0.712. The number of fused-ring (bicyclic) bond motifs is 1. The number of ether oxygens (including phenoxy) is 1. The fraction of sp³-hybridized carbons (Fsp3) is 0.667. The second kappa shape index (κ2) is 5.47. The van der Waals surface area contributed by atoms with Gasteiger partial charge in [-0.1, -0.05) is 19.1 Å². The third-order valence-corrected chi connectivity index (χ3v) is 4.23. The molecule has 4 nitrogen and oxygen atoms in total. The van der Waals surface area contributed by atoms with Crippen molar-refractivity contribution in [2.24, 2.45) is 11.8 Å². The minimum Gasteiger partial charge on any atom is -0.457 e. The first kappa shape index (κ1) is 14.3. The largest absolute Gasteiger partial charge is 0.457 e. The predicted octanol–water partition coefficient (Wildman–Crippen LogP) is 1.57. The number of carbonyl (C=O) groups excluding carboxylic acids is 1. The van der Waals surface area contributed by atoms with E-state index in [9.17, 15) is 15.0 Å². The Morgan fingerprint density at radius 3 is 2.79 bits per heavy atom. The van der Waals surface area contributed by atoms with Gasteiger partial charge in [0.05, 0.1) is 18.1 Å². The molecule has 0 spiro atoms. The lowest BCUT2D eigenvalue weighted by Gasteiger charge is -2.27. The van der Waals surface area contributed by atoms with Crippen molar-refractivity contribution in [2.75, 3.05) is 0 Å². The molecule has 2 N–H and O–H groups in total. The second-order valence-corrected chi connectivity index (χ2v) is 5.76. The van der Waals surface area contributed by atoms with Crippen molar-refractivity contribution in [1.82, 2.24) is 0 Å². The second-order valence-electron chi connectivity index (χ2n) is 5.76. The molecule has 0 bridgehead atoms. The topological polar surface area (TPSA) is 66.8 Å².